The van der Waals surface area contributed by atoms with Gasteiger partial charge in [0.2, 0.25) is 0 Å². The predicted octanol–water partition coefficient (Wildman–Crippen LogP) is 7.40. The number of rotatable bonds is 16. The highest BCUT2D eigenvalue weighted by molar-refractivity contribution is 14.1. The first-order chi connectivity index (χ1) is 25.6. The zero-order chi connectivity index (χ0) is 39.9. The van der Waals surface area contributed by atoms with Crippen LogP contribution in [0.3, 0.4) is 0 Å². The fourth-order valence-electron chi connectivity index (χ4n) is 4.32. The average Bonchev–Trinajstić information content (AvgIpc) is 3.10. The normalized spacial score (nSPS) is 11.9. The number of nitrogens with one attached hydrogen (secondary N) is 4. The summed E-state index contributed by atoms with van der Waals surface area (Å²) in [6, 6.07) is 11.4. The molecule has 2 amide bonds. The minimum atomic E-state index is -1.26. The molecule has 6 N–H and O–H groups in total. The van der Waals surface area contributed by atoms with Crippen LogP contribution < -0.4 is 21.6 Å². The van der Waals surface area contributed by atoms with Crippen molar-refractivity contribution in [3.8, 4) is 0 Å². The number of amides is 2. The first kappa shape index (κ1) is 44.7. The average molecular weight is 990 g/mol. The van der Waals surface area contributed by atoms with Crippen LogP contribution in [0.5, 0.6) is 0 Å². The van der Waals surface area contributed by atoms with Crippen molar-refractivity contribution in [1.82, 2.24) is 11.0 Å². The summed E-state index contributed by atoms with van der Waals surface area (Å²) in [5.41, 5.74) is 3.15. The second kappa shape index (κ2) is 22.0. The van der Waals surface area contributed by atoms with E-state index in [1.807, 2.05) is 57.6 Å². The smallest absolute Gasteiger partial charge is 0.277 e. The highest BCUT2D eigenvalue weighted by Crippen LogP contribution is 2.28. The van der Waals surface area contributed by atoms with Crippen molar-refractivity contribution in [2.75, 3.05) is 37.6 Å². The molecule has 0 aliphatic carbocycles. The molecular weight excluding hydrogens is 956 g/mol. The Labute approximate surface area is 332 Å². The molecular formula is C35H34F6I2N4O7. The quantitative estimate of drug-likeness (QED) is 0.0384. The lowest BCUT2D eigenvalue weighted by molar-refractivity contribution is -0.0365. The first-order valence-corrected chi connectivity index (χ1v) is 17.9. The van der Waals surface area contributed by atoms with E-state index < -0.39 is 58.9 Å². The van der Waals surface area contributed by atoms with Gasteiger partial charge in [0.25, 0.3) is 11.8 Å². The number of methoxy groups -OCH3 is 1. The van der Waals surface area contributed by atoms with Crippen LogP contribution in [0.15, 0.2) is 60.7 Å². The van der Waals surface area contributed by atoms with E-state index in [9.17, 15) is 46.1 Å². The topological polar surface area (TPSA) is 150 Å². The van der Waals surface area contributed by atoms with Crippen LogP contribution in [-0.2, 0) is 14.4 Å². The fourth-order valence-corrected chi connectivity index (χ4v) is 5.23. The van der Waals surface area contributed by atoms with E-state index in [4.69, 9.17) is 14.4 Å². The van der Waals surface area contributed by atoms with Crippen molar-refractivity contribution < 1.29 is 60.6 Å². The summed E-state index contributed by atoms with van der Waals surface area (Å²) < 4.78 is 88.5. The van der Waals surface area contributed by atoms with Crippen molar-refractivity contribution >= 4 is 79.7 Å². The minimum absolute atomic E-state index is 0.00485. The molecule has 0 saturated heterocycles. The van der Waals surface area contributed by atoms with Crippen LogP contribution in [0.4, 0.5) is 49.1 Å². The Morgan fingerprint density at radius 3 is 1.41 bits per heavy atom. The van der Waals surface area contributed by atoms with E-state index in [-0.39, 0.29) is 53.7 Å². The maximum atomic E-state index is 14.0. The summed E-state index contributed by atoms with van der Waals surface area (Å²) >= 11 is 3.85. The Hall–Kier alpha value is -3.74. The third kappa shape index (κ3) is 13.8. The first-order valence-electron chi connectivity index (χ1n) is 15.7. The fraction of sp³-hybridized carbons (Fsp3) is 0.257. The third-order valence-electron chi connectivity index (χ3n) is 6.87. The molecule has 0 aromatic heterocycles. The molecule has 0 aliphatic rings. The molecule has 0 saturated carbocycles. The Bertz CT molecular complexity index is 1780. The molecule has 0 radical (unpaired) electrons. The molecule has 4 aromatic carbocycles. The van der Waals surface area contributed by atoms with E-state index in [2.05, 4.69) is 16.1 Å². The lowest BCUT2D eigenvalue weighted by atomic mass is 10.1. The third-order valence-corrected chi connectivity index (χ3v) is 8.22. The van der Waals surface area contributed by atoms with Gasteiger partial charge in [0.05, 0.1) is 46.6 Å². The monoisotopic (exact) mass is 990 g/mol. The Balaban J connectivity index is 0.000000290. The predicted molar refractivity (Wildman–Crippen MR) is 203 cm³/mol. The van der Waals surface area contributed by atoms with Crippen molar-refractivity contribution in [3.63, 3.8) is 0 Å². The summed E-state index contributed by atoms with van der Waals surface area (Å²) in [5, 5.41) is 24.2. The molecule has 292 valence electrons. The van der Waals surface area contributed by atoms with Crippen molar-refractivity contribution in [1.29, 1.82) is 0 Å². The van der Waals surface area contributed by atoms with Crippen LogP contribution in [0, 0.1) is 42.0 Å². The lowest BCUT2D eigenvalue weighted by Crippen LogP contribution is -2.30. The standard InChI is InChI=1S/C18H18F3IN2O3.C17H16F3IN2O4/c1-2-3-11(25)9-27-24-18(26)12-7-13(19)14(20)8-17(12)23-16-5-4-10(22)6-15(16)21;1-26-7-10(24)8-27-23-17(25)11-5-12(18)13(19)6-16(11)22-15-3-2-9(21)4-14(15)20/h4-8,11,23,25H,2-3,9H2,1H3,(H,24,26);2-6,10,22,24H,7-8H2,1H3,(H,23,25). The number of hydrogen-bond donors (Lipinski definition) is 6. The van der Waals surface area contributed by atoms with Crippen LogP contribution >= 0.6 is 45.2 Å². The van der Waals surface area contributed by atoms with E-state index in [0.717, 1.165) is 18.6 Å². The van der Waals surface area contributed by atoms with Crippen molar-refractivity contribution in [2.45, 2.75) is 32.0 Å². The molecule has 4 rings (SSSR count). The SMILES string of the molecule is CCCC(O)CONC(=O)c1cc(F)c(F)cc1Nc1ccc(I)cc1F.COCC(O)CONC(=O)c1cc(F)c(F)cc1Nc1ccc(I)cc1F. The summed E-state index contributed by atoms with van der Waals surface area (Å²) in [6.45, 7) is 1.43. The molecule has 0 heterocycles. The Morgan fingerprint density at radius 2 is 1.02 bits per heavy atom. The number of ether oxygens (including phenoxy) is 1. The second-order valence-electron chi connectivity index (χ2n) is 11.2. The number of aliphatic hydroxyl groups is 2. The number of anilines is 4. The van der Waals surface area contributed by atoms with E-state index >= 15 is 0 Å². The van der Waals surface area contributed by atoms with Gasteiger partial charge in [0, 0.05) is 26.4 Å². The number of carbonyl (C=O) groups is 2. The van der Waals surface area contributed by atoms with Gasteiger partial charge in [-0.2, -0.15) is 0 Å². The number of hydroxylamine groups is 2. The van der Waals surface area contributed by atoms with Gasteiger partial charge < -0.3 is 25.6 Å². The van der Waals surface area contributed by atoms with Crippen LogP contribution in [0.2, 0.25) is 0 Å². The highest BCUT2D eigenvalue weighted by Gasteiger charge is 2.20. The van der Waals surface area contributed by atoms with Gasteiger partial charge in [-0.05, 0) is 100 Å². The summed E-state index contributed by atoms with van der Waals surface area (Å²) in [5.74, 6) is -7.92. The maximum Gasteiger partial charge on any atom is 0.277 e. The largest absolute Gasteiger partial charge is 0.391 e. The molecule has 19 heteroatoms. The van der Waals surface area contributed by atoms with Gasteiger partial charge in [-0.3, -0.25) is 19.3 Å². The second-order valence-corrected chi connectivity index (χ2v) is 13.6. The molecule has 2 unspecified atom stereocenters. The summed E-state index contributed by atoms with van der Waals surface area (Å²) in [6.07, 6.45) is -0.533. The van der Waals surface area contributed by atoms with Crippen LogP contribution in [0.25, 0.3) is 0 Å². The zero-order valence-corrected chi connectivity index (χ0v) is 32.7. The minimum Gasteiger partial charge on any atom is -0.391 e. The van der Waals surface area contributed by atoms with E-state index in [1.54, 1.807) is 12.1 Å². The van der Waals surface area contributed by atoms with Gasteiger partial charge >= 0.3 is 0 Å². The zero-order valence-electron chi connectivity index (χ0n) is 28.4. The molecule has 54 heavy (non-hydrogen) atoms. The van der Waals surface area contributed by atoms with Crippen LogP contribution in [0.1, 0.15) is 40.5 Å². The maximum absolute atomic E-state index is 14.0. The molecule has 0 fully saturated rings. The van der Waals surface area contributed by atoms with Gasteiger partial charge in [0.15, 0.2) is 23.3 Å². The molecule has 11 nitrogen and oxygen atoms in total. The van der Waals surface area contributed by atoms with Gasteiger partial charge in [-0.15, -0.1) is 0 Å². The molecule has 4 aromatic rings. The number of hydrogen-bond acceptors (Lipinski definition) is 9. The van der Waals surface area contributed by atoms with Crippen molar-refractivity contribution in [3.05, 3.63) is 114 Å². The molecule has 0 spiro atoms. The van der Waals surface area contributed by atoms with Gasteiger partial charge in [0.1, 0.15) is 31.0 Å². The molecule has 2 atom stereocenters. The molecule has 0 aliphatic heterocycles. The van der Waals surface area contributed by atoms with Gasteiger partial charge in [-0.25, -0.2) is 37.3 Å². The highest BCUT2D eigenvalue weighted by atomic mass is 127. The molecule has 0 bridgehead atoms. The van der Waals surface area contributed by atoms with Gasteiger partial charge in [-0.1, -0.05) is 13.3 Å². The number of halogens is 8. The number of carbonyl (C=O) groups excluding carboxylic acids is 2. The Kier molecular flexibility index (Phi) is 18.2. The van der Waals surface area contributed by atoms with E-state index in [1.165, 1.54) is 31.4 Å². The number of benzene rings is 4. The Morgan fingerprint density at radius 1 is 0.611 bits per heavy atom. The van der Waals surface area contributed by atoms with Crippen molar-refractivity contribution in [2.24, 2.45) is 0 Å². The lowest BCUT2D eigenvalue weighted by Gasteiger charge is -2.14. The summed E-state index contributed by atoms with van der Waals surface area (Å²) in [7, 11) is 1.38. The van der Waals surface area contributed by atoms with Crippen LogP contribution in [-0.4, -0.2) is 61.2 Å². The summed E-state index contributed by atoms with van der Waals surface area (Å²) in [4.78, 5) is 34.2. The van der Waals surface area contributed by atoms with E-state index in [0.29, 0.717) is 25.7 Å². The number of aliphatic hydroxyl groups excluding tert-OH is 2.